The third kappa shape index (κ3) is 0.540. The molecule has 0 aromatic rings. The maximum absolute atomic E-state index is 11.4. The van der Waals surface area contributed by atoms with Crippen molar-refractivity contribution in [2.45, 2.75) is 26.4 Å². The molecule has 3 aliphatic rings. The average molecular weight is 166 g/mol. The van der Waals surface area contributed by atoms with Crippen molar-refractivity contribution in [3.8, 4) is 0 Å². The predicted molar refractivity (Wildman–Crippen MR) is 43.3 cm³/mol. The average Bonchev–Trinajstić information content (AvgIpc) is 2.56. The van der Waals surface area contributed by atoms with Crippen LogP contribution in [0.3, 0.4) is 0 Å². The van der Waals surface area contributed by atoms with Gasteiger partial charge >= 0.3 is 5.97 Å². The standard InChI is InChI=1S/C10H14O2/c1-4-6-3-7-8(4)10(11)12-9(7)5(6)2/h4-9H,3H2,1-2H3/t4-,5+,6?,7?,8?,9?/m1/s1. The summed E-state index contributed by atoms with van der Waals surface area (Å²) in [6.07, 6.45) is 1.52. The van der Waals surface area contributed by atoms with Gasteiger partial charge in [-0.15, -0.1) is 0 Å². The van der Waals surface area contributed by atoms with Gasteiger partial charge < -0.3 is 4.74 Å². The normalized spacial score (nSPS) is 61.0. The van der Waals surface area contributed by atoms with Crippen LogP contribution in [0.15, 0.2) is 0 Å². The molecule has 4 unspecified atom stereocenters. The SMILES string of the molecule is C[C@@H]1C2OC(=O)C3C2CC1[C@H]3C. The van der Waals surface area contributed by atoms with Crippen LogP contribution >= 0.6 is 0 Å². The first-order valence-corrected chi connectivity index (χ1v) is 4.90. The minimum absolute atomic E-state index is 0.0874. The van der Waals surface area contributed by atoms with E-state index in [1.165, 1.54) is 6.42 Å². The monoisotopic (exact) mass is 166 g/mol. The lowest BCUT2D eigenvalue weighted by molar-refractivity contribution is -0.144. The minimum atomic E-state index is 0.0874. The Balaban J connectivity index is 2.06. The van der Waals surface area contributed by atoms with Crippen LogP contribution in [0.4, 0.5) is 0 Å². The Bertz CT molecular complexity index is 248. The molecule has 0 N–H and O–H groups in total. The van der Waals surface area contributed by atoms with Crippen molar-refractivity contribution >= 4 is 5.97 Å². The lowest BCUT2D eigenvalue weighted by Gasteiger charge is -2.26. The summed E-state index contributed by atoms with van der Waals surface area (Å²) >= 11 is 0. The van der Waals surface area contributed by atoms with Crippen molar-refractivity contribution in [2.24, 2.45) is 29.6 Å². The van der Waals surface area contributed by atoms with Crippen LogP contribution in [0, 0.1) is 29.6 Å². The molecule has 1 heterocycles. The van der Waals surface area contributed by atoms with Crippen molar-refractivity contribution in [2.75, 3.05) is 0 Å². The van der Waals surface area contributed by atoms with Crippen LogP contribution in [0.25, 0.3) is 0 Å². The second-order valence-corrected chi connectivity index (χ2v) is 4.71. The Kier molecular flexibility index (Phi) is 1.07. The maximum Gasteiger partial charge on any atom is 0.309 e. The first kappa shape index (κ1) is 6.93. The molecule has 2 aliphatic carbocycles. The lowest BCUT2D eigenvalue weighted by atomic mass is 9.76. The molecule has 0 amide bonds. The van der Waals surface area contributed by atoms with Gasteiger partial charge in [0.05, 0.1) is 5.92 Å². The van der Waals surface area contributed by atoms with E-state index in [4.69, 9.17) is 4.74 Å². The molecule has 2 heteroatoms. The van der Waals surface area contributed by atoms with Gasteiger partial charge in [-0.25, -0.2) is 0 Å². The lowest BCUT2D eigenvalue weighted by Crippen LogP contribution is -2.30. The van der Waals surface area contributed by atoms with Crippen LogP contribution in [0.5, 0.6) is 0 Å². The Labute approximate surface area is 72.3 Å². The third-order valence-electron chi connectivity index (χ3n) is 4.39. The fourth-order valence-corrected chi connectivity index (χ4v) is 3.79. The summed E-state index contributed by atoms with van der Waals surface area (Å²) in [5.41, 5.74) is 0. The zero-order chi connectivity index (χ0) is 8.46. The van der Waals surface area contributed by atoms with E-state index in [0.29, 0.717) is 17.8 Å². The number of rotatable bonds is 0. The number of carbonyl (C=O) groups is 1. The van der Waals surface area contributed by atoms with E-state index in [0.717, 1.165) is 5.92 Å². The molecule has 0 aromatic heterocycles. The van der Waals surface area contributed by atoms with Crippen molar-refractivity contribution in [1.82, 2.24) is 0 Å². The van der Waals surface area contributed by atoms with Gasteiger partial charge in [-0.3, -0.25) is 4.79 Å². The van der Waals surface area contributed by atoms with E-state index in [1.807, 2.05) is 0 Å². The molecule has 6 atom stereocenters. The number of esters is 1. The largest absolute Gasteiger partial charge is 0.462 e. The summed E-state index contributed by atoms with van der Waals surface area (Å²) in [5, 5.41) is 0. The highest BCUT2D eigenvalue weighted by Crippen LogP contribution is 2.59. The second kappa shape index (κ2) is 1.86. The number of hydrogen-bond acceptors (Lipinski definition) is 2. The molecule has 3 rings (SSSR count). The van der Waals surface area contributed by atoms with Gasteiger partial charge in [0.25, 0.3) is 0 Å². The number of ether oxygens (including phenoxy) is 1. The van der Waals surface area contributed by atoms with Gasteiger partial charge in [-0.05, 0) is 24.2 Å². The van der Waals surface area contributed by atoms with E-state index < -0.39 is 0 Å². The molecule has 2 saturated carbocycles. The van der Waals surface area contributed by atoms with Crippen LogP contribution in [-0.2, 0) is 9.53 Å². The first-order chi connectivity index (χ1) is 5.70. The number of fused-ring (bicyclic) bond motifs is 1. The molecular weight excluding hydrogens is 152 g/mol. The molecule has 66 valence electrons. The van der Waals surface area contributed by atoms with Crippen LogP contribution in [0.1, 0.15) is 20.3 Å². The van der Waals surface area contributed by atoms with E-state index >= 15 is 0 Å². The molecule has 0 spiro atoms. The fourth-order valence-electron chi connectivity index (χ4n) is 3.79. The molecule has 2 nitrogen and oxygen atoms in total. The number of hydrogen-bond donors (Lipinski definition) is 0. The van der Waals surface area contributed by atoms with Gasteiger partial charge in [0.2, 0.25) is 0 Å². The van der Waals surface area contributed by atoms with Gasteiger partial charge in [0.15, 0.2) is 0 Å². The summed E-state index contributed by atoms with van der Waals surface area (Å²) in [6, 6.07) is 0. The summed E-state index contributed by atoms with van der Waals surface area (Å²) in [7, 11) is 0. The quantitative estimate of drug-likeness (QED) is 0.509. The molecule has 0 radical (unpaired) electrons. The summed E-state index contributed by atoms with van der Waals surface area (Å²) < 4.78 is 5.38. The smallest absolute Gasteiger partial charge is 0.309 e. The fraction of sp³-hybridized carbons (Fsp3) is 0.900. The summed E-state index contributed by atoms with van der Waals surface area (Å²) in [4.78, 5) is 11.4. The first-order valence-electron chi connectivity index (χ1n) is 4.90. The highest BCUT2D eigenvalue weighted by atomic mass is 16.6. The Morgan fingerprint density at radius 3 is 2.67 bits per heavy atom. The van der Waals surface area contributed by atoms with Crippen LogP contribution in [-0.4, -0.2) is 12.1 Å². The Hall–Kier alpha value is -0.530. The number of carbonyl (C=O) groups excluding carboxylic acids is 1. The molecule has 2 bridgehead atoms. The van der Waals surface area contributed by atoms with Crippen molar-refractivity contribution in [1.29, 1.82) is 0 Å². The maximum atomic E-state index is 11.4. The Morgan fingerprint density at radius 2 is 2.00 bits per heavy atom. The highest BCUT2D eigenvalue weighted by molar-refractivity contribution is 5.77. The zero-order valence-electron chi connectivity index (χ0n) is 7.49. The van der Waals surface area contributed by atoms with E-state index in [9.17, 15) is 4.79 Å². The van der Waals surface area contributed by atoms with Gasteiger partial charge in [0, 0.05) is 5.92 Å². The molecule has 1 saturated heterocycles. The molecule has 3 fully saturated rings. The molecule has 0 aromatic carbocycles. The zero-order valence-corrected chi connectivity index (χ0v) is 7.49. The molecule has 12 heavy (non-hydrogen) atoms. The van der Waals surface area contributed by atoms with Crippen molar-refractivity contribution in [3.05, 3.63) is 0 Å². The van der Waals surface area contributed by atoms with Crippen molar-refractivity contribution < 1.29 is 9.53 Å². The van der Waals surface area contributed by atoms with Crippen molar-refractivity contribution in [3.63, 3.8) is 0 Å². The molecule has 1 aliphatic heterocycles. The predicted octanol–water partition coefficient (Wildman–Crippen LogP) is 1.45. The van der Waals surface area contributed by atoms with E-state index in [-0.39, 0.29) is 18.0 Å². The van der Waals surface area contributed by atoms with Gasteiger partial charge in [-0.1, -0.05) is 13.8 Å². The Morgan fingerprint density at radius 1 is 1.25 bits per heavy atom. The third-order valence-corrected chi connectivity index (χ3v) is 4.39. The summed E-state index contributed by atoms with van der Waals surface area (Å²) in [6.45, 7) is 4.45. The van der Waals surface area contributed by atoms with Gasteiger partial charge in [-0.2, -0.15) is 0 Å². The summed E-state index contributed by atoms with van der Waals surface area (Å²) in [5.74, 6) is 2.88. The van der Waals surface area contributed by atoms with E-state index in [1.54, 1.807) is 0 Å². The second-order valence-electron chi connectivity index (χ2n) is 4.71. The minimum Gasteiger partial charge on any atom is -0.462 e. The van der Waals surface area contributed by atoms with Crippen LogP contribution in [0.2, 0.25) is 0 Å². The topological polar surface area (TPSA) is 26.3 Å². The molecular formula is C10H14O2. The van der Waals surface area contributed by atoms with E-state index in [2.05, 4.69) is 13.8 Å². The highest BCUT2D eigenvalue weighted by Gasteiger charge is 2.63. The van der Waals surface area contributed by atoms with Gasteiger partial charge in [0.1, 0.15) is 6.10 Å². The van der Waals surface area contributed by atoms with Crippen LogP contribution < -0.4 is 0 Å².